The summed E-state index contributed by atoms with van der Waals surface area (Å²) in [6, 6.07) is 14.5. The minimum atomic E-state index is -0.227. The number of ether oxygens (including phenoxy) is 2. The van der Waals surface area contributed by atoms with Gasteiger partial charge < -0.3 is 9.47 Å². The van der Waals surface area contributed by atoms with Crippen molar-refractivity contribution in [2.75, 3.05) is 13.2 Å². The first-order chi connectivity index (χ1) is 15.1. The molecule has 2 aromatic heterocycles. The van der Waals surface area contributed by atoms with Crippen molar-refractivity contribution in [3.05, 3.63) is 76.2 Å². The van der Waals surface area contributed by atoms with E-state index in [1.807, 2.05) is 43.5 Å². The van der Waals surface area contributed by atoms with Gasteiger partial charge in [-0.25, -0.2) is 4.98 Å². The SMILES string of the molecule is CCOc1ccc(C(=O)Cn2cnc3scc(-c4ccc(OCC)cc4)c3c2=O)cc1. The van der Waals surface area contributed by atoms with Gasteiger partial charge in [0.1, 0.15) is 16.3 Å². The highest BCUT2D eigenvalue weighted by Crippen LogP contribution is 2.31. The molecule has 158 valence electrons. The molecular formula is C24H22N2O4S. The molecule has 0 unspecified atom stereocenters. The predicted octanol–water partition coefficient (Wildman–Crippen LogP) is 4.81. The second-order valence-electron chi connectivity index (χ2n) is 6.85. The van der Waals surface area contributed by atoms with Gasteiger partial charge in [-0.1, -0.05) is 12.1 Å². The van der Waals surface area contributed by atoms with Gasteiger partial charge in [-0.2, -0.15) is 0 Å². The highest BCUT2D eigenvalue weighted by Gasteiger charge is 2.15. The van der Waals surface area contributed by atoms with Crippen molar-refractivity contribution in [2.24, 2.45) is 0 Å². The van der Waals surface area contributed by atoms with Crippen molar-refractivity contribution >= 4 is 27.3 Å². The fourth-order valence-corrected chi connectivity index (χ4v) is 4.25. The van der Waals surface area contributed by atoms with Gasteiger partial charge >= 0.3 is 0 Å². The van der Waals surface area contributed by atoms with Crippen LogP contribution < -0.4 is 15.0 Å². The molecule has 0 radical (unpaired) electrons. The van der Waals surface area contributed by atoms with Gasteiger partial charge in [-0.05, 0) is 55.8 Å². The molecule has 0 saturated carbocycles. The molecule has 4 rings (SSSR count). The van der Waals surface area contributed by atoms with E-state index >= 15 is 0 Å². The first-order valence-corrected chi connectivity index (χ1v) is 10.9. The maximum Gasteiger partial charge on any atom is 0.263 e. The molecule has 0 bridgehead atoms. The summed E-state index contributed by atoms with van der Waals surface area (Å²) < 4.78 is 12.3. The Morgan fingerprint density at radius 1 is 0.968 bits per heavy atom. The summed E-state index contributed by atoms with van der Waals surface area (Å²) >= 11 is 1.41. The third kappa shape index (κ3) is 4.36. The molecule has 0 aliphatic rings. The van der Waals surface area contributed by atoms with E-state index in [2.05, 4.69) is 4.98 Å². The van der Waals surface area contributed by atoms with E-state index in [0.29, 0.717) is 34.7 Å². The van der Waals surface area contributed by atoms with Crippen LogP contribution in [0.1, 0.15) is 24.2 Å². The lowest BCUT2D eigenvalue weighted by Crippen LogP contribution is -2.24. The number of thiophene rings is 1. The van der Waals surface area contributed by atoms with Gasteiger partial charge in [0.2, 0.25) is 0 Å². The Kier molecular flexibility index (Phi) is 6.13. The second-order valence-corrected chi connectivity index (χ2v) is 7.70. The lowest BCUT2D eigenvalue weighted by molar-refractivity contribution is 0.0970. The van der Waals surface area contributed by atoms with Crippen LogP contribution >= 0.6 is 11.3 Å². The van der Waals surface area contributed by atoms with Gasteiger partial charge in [-0.3, -0.25) is 14.2 Å². The highest BCUT2D eigenvalue weighted by atomic mass is 32.1. The van der Waals surface area contributed by atoms with Gasteiger partial charge in [0.05, 0.1) is 31.5 Å². The molecule has 2 aromatic carbocycles. The summed E-state index contributed by atoms with van der Waals surface area (Å²) in [6.07, 6.45) is 1.44. The molecule has 31 heavy (non-hydrogen) atoms. The number of aromatic nitrogens is 2. The fourth-order valence-electron chi connectivity index (χ4n) is 3.34. The molecule has 0 spiro atoms. The predicted molar refractivity (Wildman–Crippen MR) is 122 cm³/mol. The Hall–Kier alpha value is -3.45. The van der Waals surface area contributed by atoms with Crippen molar-refractivity contribution in [1.29, 1.82) is 0 Å². The standard InChI is InChI=1S/C24H22N2O4S/c1-3-29-18-9-5-16(6-10-18)20-14-31-23-22(20)24(28)26(15-25-23)13-21(27)17-7-11-19(12-8-17)30-4-2/h5-12,14-15H,3-4,13H2,1-2H3. The third-order valence-electron chi connectivity index (χ3n) is 4.84. The lowest BCUT2D eigenvalue weighted by Gasteiger charge is -2.08. The highest BCUT2D eigenvalue weighted by molar-refractivity contribution is 7.17. The monoisotopic (exact) mass is 434 g/mol. The number of rotatable bonds is 8. The topological polar surface area (TPSA) is 70.4 Å². The van der Waals surface area contributed by atoms with Crippen LogP contribution in [0.15, 0.2) is 65.0 Å². The quantitative estimate of drug-likeness (QED) is 0.372. The first kappa shape index (κ1) is 20.8. The van der Waals surface area contributed by atoms with Crippen LogP contribution in [0, 0.1) is 0 Å². The van der Waals surface area contributed by atoms with Gasteiger partial charge in [0, 0.05) is 16.5 Å². The first-order valence-electron chi connectivity index (χ1n) is 10.1. The Labute approximate surface area is 183 Å². The normalized spacial score (nSPS) is 10.9. The van der Waals surface area contributed by atoms with Crippen molar-refractivity contribution in [2.45, 2.75) is 20.4 Å². The minimum Gasteiger partial charge on any atom is -0.494 e. The zero-order valence-corrected chi connectivity index (χ0v) is 18.1. The maximum absolute atomic E-state index is 13.2. The van der Waals surface area contributed by atoms with E-state index in [9.17, 15) is 9.59 Å². The summed E-state index contributed by atoms with van der Waals surface area (Å²) in [6.45, 7) is 4.92. The molecule has 0 amide bonds. The fraction of sp³-hybridized carbons (Fsp3) is 0.208. The molecule has 0 aliphatic carbocycles. The third-order valence-corrected chi connectivity index (χ3v) is 5.72. The summed E-state index contributed by atoms with van der Waals surface area (Å²) in [5, 5.41) is 2.45. The molecular weight excluding hydrogens is 412 g/mol. The minimum absolute atomic E-state index is 0.0751. The number of benzene rings is 2. The molecule has 7 heteroatoms. The summed E-state index contributed by atoms with van der Waals surface area (Å²) in [4.78, 5) is 31.0. The largest absolute Gasteiger partial charge is 0.494 e. The number of fused-ring (bicyclic) bond motifs is 1. The van der Waals surface area contributed by atoms with E-state index in [0.717, 1.165) is 16.9 Å². The zero-order chi connectivity index (χ0) is 21.8. The van der Waals surface area contributed by atoms with Crippen LogP contribution in [0.3, 0.4) is 0 Å². The average Bonchev–Trinajstić information content (AvgIpc) is 3.22. The number of hydrogen-bond acceptors (Lipinski definition) is 6. The van der Waals surface area contributed by atoms with E-state index < -0.39 is 0 Å². The smallest absolute Gasteiger partial charge is 0.263 e. The summed E-state index contributed by atoms with van der Waals surface area (Å²) in [7, 11) is 0. The molecule has 2 heterocycles. The maximum atomic E-state index is 13.2. The summed E-state index contributed by atoms with van der Waals surface area (Å²) in [5.74, 6) is 1.32. The molecule has 6 nitrogen and oxygen atoms in total. The molecule has 0 N–H and O–H groups in total. The van der Waals surface area contributed by atoms with Crippen LogP contribution in [-0.2, 0) is 6.54 Å². The number of nitrogens with zero attached hydrogens (tertiary/aromatic N) is 2. The zero-order valence-electron chi connectivity index (χ0n) is 17.3. The summed E-state index contributed by atoms with van der Waals surface area (Å²) in [5.41, 5.74) is 2.01. The van der Waals surface area contributed by atoms with Crippen LogP contribution in [0.25, 0.3) is 21.3 Å². The van der Waals surface area contributed by atoms with Crippen molar-refractivity contribution in [1.82, 2.24) is 9.55 Å². The van der Waals surface area contributed by atoms with Crippen LogP contribution in [0.5, 0.6) is 11.5 Å². The number of ketones is 1. The van der Waals surface area contributed by atoms with Crippen LogP contribution in [0.2, 0.25) is 0 Å². The number of carbonyl (C=O) groups excluding carboxylic acids is 1. The van der Waals surface area contributed by atoms with Gasteiger partial charge in [-0.15, -0.1) is 11.3 Å². The molecule has 0 saturated heterocycles. The van der Waals surface area contributed by atoms with Crippen LogP contribution in [0.4, 0.5) is 0 Å². The molecule has 4 aromatic rings. The van der Waals surface area contributed by atoms with E-state index in [1.165, 1.54) is 22.2 Å². The molecule has 0 fully saturated rings. The van der Waals surface area contributed by atoms with E-state index in [-0.39, 0.29) is 17.9 Å². The van der Waals surface area contributed by atoms with Crippen molar-refractivity contribution < 1.29 is 14.3 Å². The Balaban J connectivity index is 1.63. The Bertz CT molecular complexity index is 1260. The Morgan fingerprint density at radius 2 is 1.58 bits per heavy atom. The average molecular weight is 435 g/mol. The van der Waals surface area contributed by atoms with E-state index in [4.69, 9.17) is 9.47 Å². The molecule has 0 aliphatic heterocycles. The van der Waals surface area contributed by atoms with Gasteiger partial charge in [0.15, 0.2) is 5.78 Å². The van der Waals surface area contributed by atoms with Gasteiger partial charge in [0.25, 0.3) is 5.56 Å². The van der Waals surface area contributed by atoms with Crippen molar-refractivity contribution in [3.63, 3.8) is 0 Å². The van der Waals surface area contributed by atoms with Crippen molar-refractivity contribution in [3.8, 4) is 22.6 Å². The number of carbonyl (C=O) groups is 1. The second kappa shape index (κ2) is 9.14. The lowest BCUT2D eigenvalue weighted by atomic mass is 10.1. The Morgan fingerprint density at radius 3 is 2.19 bits per heavy atom. The number of hydrogen-bond donors (Lipinski definition) is 0. The van der Waals surface area contributed by atoms with E-state index in [1.54, 1.807) is 24.3 Å². The number of Topliss-reactive ketones (excluding diaryl/α,β-unsaturated/α-hetero) is 1. The van der Waals surface area contributed by atoms with Crippen LogP contribution in [-0.4, -0.2) is 28.5 Å². The molecule has 0 atom stereocenters.